The number of nitrogen functional groups attached to an aromatic ring is 1. The Morgan fingerprint density at radius 2 is 1.74 bits per heavy atom. The fraction of sp³-hybridized carbons (Fsp3) is 0.484. The van der Waals surface area contributed by atoms with Gasteiger partial charge in [-0.3, -0.25) is 10.1 Å². The number of fused-ring (bicyclic) bond motifs is 1. The van der Waals surface area contributed by atoms with Crippen LogP contribution in [0.25, 0.3) is 22.2 Å². The van der Waals surface area contributed by atoms with Crippen LogP contribution in [0.2, 0.25) is 0 Å². The molecule has 1 heterocycles. The molecule has 7 nitrogen and oxygen atoms in total. The van der Waals surface area contributed by atoms with E-state index in [0.717, 1.165) is 79.5 Å². The van der Waals surface area contributed by atoms with Crippen molar-refractivity contribution in [2.24, 2.45) is 5.92 Å². The highest BCUT2D eigenvalue weighted by Crippen LogP contribution is 2.44. The van der Waals surface area contributed by atoms with Gasteiger partial charge in [-0.2, -0.15) is 0 Å². The molecule has 0 spiro atoms. The second kappa shape index (κ2) is 11.1. The molecule has 0 radical (unpaired) electrons. The van der Waals surface area contributed by atoms with Crippen molar-refractivity contribution in [3.8, 4) is 11.3 Å². The van der Waals surface area contributed by atoms with Crippen LogP contribution in [0.15, 0.2) is 42.5 Å². The Morgan fingerprint density at radius 3 is 2.32 bits per heavy atom. The minimum absolute atomic E-state index is 0.0555. The van der Waals surface area contributed by atoms with Crippen molar-refractivity contribution in [3.05, 3.63) is 48.0 Å². The topological polar surface area (TPSA) is 89.6 Å². The molecule has 5 rings (SSSR count). The lowest BCUT2D eigenvalue weighted by Gasteiger charge is -2.30. The van der Waals surface area contributed by atoms with Gasteiger partial charge in [-0.15, -0.1) is 0 Å². The Hall–Kier alpha value is -3.48. The van der Waals surface area contributed by atoms with Gasteiger partial charge in [-0.05, 0) is 88.1 Å². The number of amides is 2. The summed E-state index contributed by atoms with van der Waals surface area (Å²) in [7, 11) is 0. The standard InChI is InChI=1S/C31H40N4O3/c1-4-17-34(18-5-2)30(36)23-13-16-26-27(19-23)35(25-7-6-8-25)29(28(26)32)22-11-14-24(15-12-22)33-31(37)38-20(3)21-9-10-21/h11-16,19-21,25H,4-10,17-18,32H2,1-3H3,(H,33,37)/t20-/m1/s1. The maximum atomic E-state index is 13.4. The third-order valence-corrected chi connectivity index (χ3v) is 7.99. The van der Waals surface area contributed by atoms with E-state index in [1.807, 2.05) is 54.3 Å². The summed E-state index contributed by atoms with van der Waals surface area (Å²) in [4.78, 5) is 27.6. The second-order valence-electron chi connectivity index (χ2n) is 10.9. The molecule has 2 fully saturated rings. The molecule has 7 heteroatoms. The quantitative estimate of drug-likeness (QED) is 0.298. The molecule has 2 aliphatic rings. The van der Waals surface area contributed by atoms with Gasteiger partial charge in [0.25, 0.3) is 5.91 Å². The molecule has 0 bridgehead atoms. The molecule has 2 aromatic carbocycles. The van der Waals surface area contributed by atoms with Gasteiger partial charge < -0.3 is 19.9 Å². The number of benzene rings is 2. The van der Waals surface area contributed by atoms with E-state index in [2.05, 4.69) is 23.7 Å². The first kappa shape index (κ1) is 26.1. The molecule has 2 saturated carbocycles. The van der Waals surface area contributed by atoms with E-state index in [1.165, 1.54) is 6.42 Å². The summed E-state index contributed by atoms with van der Waals surface area (Å²) in [5, 5.41) is 3.82. The van der Waals surface area contributed by atoms with E-state index < -0.39 is 6.09 Å². The number of aromatic nitrogens is 1. The van der Waals surface area contributed by atoms with E-state index in [9.17, 15) is 9.59 Å². The number of carbonyl (C=O) groups is 2. The molecule has 3 N–H and O–H groups in total. The Morgan fingerprint density at radius 1 is 1.05 bits per heavy atom. The summed E-state index contributed by atoms with van der Waals surface area (Å²) >= 11 is 0. The highest BCUT2D eigenvalue weighted by Gasteiger charge is 2.31. The predicted molar refractivity (Wildman–Crippen MR) is 153 cm³/mol. The lowest BCUT2D eigenvalue weighted by molar-refractivity contribution is 0.0755. The molecular formula is C31H40N4O3. The Kier molecular flexibility index (Phi) is 7.63. The summed E-state index contributed by atoms with van der Waals surface area (Å²) in [5.74, 6) is 0.576. The van der Waals surface area contributed by atoms with Crippen LogP contribution in [0.5, 0.6) is 0 Å². The Bertz CT molecular complexity index is 1300. The fourth-order valence-electron chi connectivity index (χ4n) is 5.52. The number of nitrogens with one attached hydrogen (secondary N) is 1. The average molecular weight is 517 g/mol. The van der Waals surface area contributed by atoms with Crippen molar-refractivity contribution in [2.75, 3.05) is 24.1 Å². The van der Waals surface area contributed by atoms with Gasteiger partial charge in [-0.25, -0.2) is 4.79 Å². The van der Waals surface area contributed by atoms with Crippen LogP contribution in [0.3, 0.4) is 0 Å². The number of hydrogen-bond acceptors (Lipinski definition) is 4. The third kappa shape index (κ3) is 5.24. The normalized spacial score (nSPS) is 16.2. The number of rotatable bonds is 10. The highest BCUT2D eigenvalue weighted by atomic mass is 16.6. The minimum Gasteiger partial charge on any atom is -0.446 e. The van der Waals surface area contributed by atoms with E-state index >= 15 is 0 Å². The number of nitrogens with zero attached hydrogens (tertiary/aromatic N) is 2. The number of hydrogen-bond donors (Lipinski definition) is 2. The maximum Gasteiger partial charge on any atom is 0.411 e. The first-order chi connectivity index (χ1) is 18.4. The lowest BCUT2D eigenvalue weighted by atomic mass is 9.92. The van der Waals surface area contributed by atoms with Crippen LogP contribution in [-0.4, -0.2) is 40.7 Å². The molecule has 0 aliphatic heterocycles. The zero-order valence-electron chi connectivity index (χ0n) is 22.8. The average Bonchev–Trinajstić information content (AvgIpc) is 3.69. The van der Waals surface area contributed by atoms with Gasteiger partial charge in [0, 0.05) is 41.3 Å². The lowest BCUT2D eigenvalue weighted by Crippen LogP contribution is -2.32. The summed E-state index contributed by atoms with van der Waals surface area (Å²) in [6.07, 6.45) is 7.03. The molecule has 1 atom stereocenters. The van der Waals surface area contributed by atoms with Crippen LogP contribution in [0.4, 0.5) is 16.2 Å². The zero-order valence-corrected chi connectivity index (χ0v) is 22.8. The van der Waals surface area contributed by atoms with Crippen molar-refractivity contribution in [2.45, 2.75) is 77.9 Å². The van der Waals surface area contributed by atoms with E-state index in [-0.39, 0.29) is 12.0 Å². The van der Waals surface area contributed by atoms with Crippen molar-refractivity contribution in [1.29, 1.82) is 0 Å². The maximum absolute atomic E-state index is 13.4. The van der Waals surface area contributed by atoms with Gasteiger partial charge in [0.2, 0.25) is 0 Å². The Labute approximate surface area is 225 Å². The monoisotopic (exact) mass is 516 g/mol. The molecule has 38 heavy (non-hydrogen) atoms. The fourth-order valence-corrected chi connectivity index (χ4v) is 5.52. The first-order valence-corrected chi connectivity index (χ1v) is 14.2. The van der Waals surface area contributed by atoms with E-state index in [4.69, 9.17) is 10.5 Å². The van der Waals surface area contributed by atoms with E-state index in [1.54, 1.807) is 0 Å². The number of nitrogens with two attached hydrogens (primary N) is 1. The van der Waals surface area contributed by atoms with Crippen LogP contribution in [0.1, 0.15) is 82.1 Å². The Balaban J connectivity index is 1.45. The molecule has 2 aliphatic carbocycles. The van der Waals surface area contributed by atoms with Crippen LogP contribution in [0, 0.1) is 5.92 Å². The summed E-state index contributed by atoms with van der Waals surface area (Å²) in [6.45, 7) is 7.68. The molecule has 1 aromatic heterocycles. The number of ether oxygens (including phenoxy) is 1. The van der Waals surface area contributed by atoms with Gasteiger partial charge in [-0.1, -0.05) is 26.0 Å². The summed E-state index contributed by atoms with van der Waals surface area (Å²) in [6, 6.07) is 14.1. The van der Waals surface area contributed by atoms with Gasteiger partial charge >= 0.3 is 6.09 Å². The SMILES string of the molecule is CCCN(CCC)C(=O)c1ccc2c(N)c(-c3ccc(NC(=O)O[C@H](C)C4CC4)cc3)n(C3CCC3)c2c1. The first-order valence-electron chi connectivity index (χ1n) is 14.2. The van der Waals surface area contributed by atoms with Crippen LogP contribution >= 0.6 is 0 Å². The van der Waals surface area contributed by atoms with Gasteiger partial charge in [0.1, 0.15) is 6.10 Å². The smallest absolute Gasteiger partial charge is 0.411 e. The van der Waals surface area contributed by atoms with E-state index in [0.29, 0.717) is 23.2 Å². The number of carbonyl (C=O) groups excluding carboxylic acids is 2. The molecule has 2 amide bonds. The van der Waals surface area contributed by atoms with Crippen molar-refractivity contribution in [3.63, 3.8) is 0 Å². The molecule has 0 unspecified atom stereocenters. The number of anilines is 2. The highest BCUT2D eigenvalue weighted by molar-refractivity contribution is 6.05. The van der Waals surface area contributed by atoms with Crippen molar-refractivity contribution in [1.82, 2.24) is 9.47 Å². The minimum atomic E-state index is -0.419. The molecule has 0 saturated heterocycles. The van der Waals surface area contributed by atoms with Crippen molar-refractivity contribution < 1.29 is 14.3 Å². The van der Waals surface area contributed by atoms with Gasteiger partial charge in [0.05, 0.1) is 16.9 Å². The van der Waals surface area contributed by atoms with Crippen LogP contribution < -0.4 is 11.1 Å². The molecular weight excluding hydrogens is 476 g/mol. The zero-order chi connectivity index (χ0) is 26.8. The second-order valence-corrected chi connectivity index (χ2v) is 10.9. The van der Waals surface area contributed by atoms with Crippen LogP contribution in [-0.2, 0) is 4.74 Å². The molecule has 3 aromatic rings. The summed E-state index contributed by atoms with van der Waals surface area (Å²) in [5.41, 5.74) is 11.9. The van der Waals surface area contributed by atoms with Gasteiger partial charge in [0.15, 0.2) is 0 Å². The largest absolute Gasteiger partial charge is 0.446 e. The predicted octanol–water partition coefficient (Wildman–Crippen LogP) is 7.22. The van der Waals surface area contributed by atoms with Crippen molar-refractivity contribution >= 4 is 34.3 Å². The summed E-state index contributed by atoms with van der Waals surface area (Å²) < 4.78 is 7.83. The third-order valence-electron chi connectivity index (χ3n) is 7.99. The molecule has 202 valence electrons.